The Morgan fingerprint density at radius 1 is 0.926 bits per heavy atom. The van der Waals surface area contributed by atoms with E-state index in [1.54, 1.807) is 12.4 Å². The van der Waals surface area contributed by atoms with Gasteiger partial charge in [-0.25, -0.2) is 0 Å². The first kappa shape index (κ1) is 17.2. The summed E-state index contributed by atoms with van der Waals surface area (Å²) in [5.74, 6) is 0.227. The summed E-state index contributed by atoms with van der Waals surface area (Å²) in [6.07, 6.45) is 5.45. The molecule has 136 valence electrons. The van der Waals surface area contributed by atoms with Gasteiger partial charge >= 0.3 is 0 Å². The molecule has 0 fully saturated rings. The quantitative estimate of drug-likeness (QED) is 0.489. The molecule has 4 heteroatoms. The maximum atomic E-state index is 10.9. The molecular formula is C23H23N3O. The van der Waals surface area contributed by atoms with Gasteiger partial charge in [0.25, 0.3) is 0 Å². The Balaban J connectivity index is 1.77. The zero-order valence-electron chi connectivity index (χ0n) is 15.8. The van der Waals surface area contributed by atoms with Gasteiger partial charge in [-0.3, -0.25) is 9.55 Å². The second kappa shape index (κ2) is 6.47. The number of rotatable bonds is 3. The van der Waals surface area contributed by atoms with Crippen molar-refractivity contribution in [3.8, 4) is 11.6 Å². The van der Waals surface area contributed by atoms with E-state index in [1.165, 1.54) is 5.56 Å². The lowest BCUT2D eigenvalue weighted by Crippen LogP contribution is -2.10. The van der Waals surface area contributed by atoms with Crippen LogP contribution in [0.2, 0.25) is 0 Å². The summed E-state index contributed by atoms with van der Waals surface area (Å²) in [6.45, 7) is 6.58. The van der Waals surface area contributed by atoms with Crippen molar-refractivity contribution < 1.29 is 5.11 Å². The summed E-state index contributed by atoms with van der Waals surface area (Å²) in [6, 6.07) is 18.1. The topological polar surface area (TPSA) is 50.1 Å². The van der Waals surface area contributed by atoms with Crippen molar-refractivity contribution >= 4 is 22.1 Å². The summed E-state index contributed by atoms with van der Waals surface area (Å²) in [4.78, 5) is 4.04. The fraction of sp³-hybridized carbons (Fsp3) is 0.174. The molecule has 4 rings (SSSR count). The van der Waals surface area contributed by atoms with Crippen molar-refractivity contribution in [1.29, 1.82) is 0 Å². The van der Waals surface area contributed by atoms with E-state index in [0.717, 1.165) is 27.8 Å². The Labute approximate surface area is 159 Å². The van der Waals surface area contributed by atoms with E-state index >= 15 is 0 Å². The average Bonchev–Trinajstić information content (AvgIpc) is 3.00. The molecular weight excluding hydrogens is 334 g/mol. The Morgan fingerprint density at radius 2 is 1.63 bits per heavy atom. The third-order valence-electron chi connectivity index (χ3n) is 4.79. The first-order chi connectivity index (χ1) is 12.9. The monoisotopic (exact) mass is 357 g/mol. The number of hydrogen-bond acceptors (Lipinski definition) is 3. The van der Waals surface area contributed by atoms with Gasteiger partial charge < -0.3 is 10.4 Å². The maximum absolute atomic E-state index is 10.9. The van der Waals surface area contributed by atoms with Crippen LogP contribution in [-0.2, 0) is 5.41 Å². The van der Waals surface area contributed by atoms with E-state index in [-0.39, 0.29) is 11.3 Å². The summed E-state index contributed by atoms with van der Waals surface area (Å²) in [7, 11) is 0. The van der Waals surface area contributed by atoms with Gasteiger partial charge in [-0.05, 0) is 41.3 Å². The third-order valence-corrected chi connectivity index (χ3v) is 4.79. The molecule has 2 heterocycles. The smallest absolute Gasteiger partial charge is 0.205 e. The summed E-state index contributed by atoms with van der Waals surface area (Å²) < 4.78 is 1.83. The third kappa shape index (κ3) is 3.26. The molecule has 0 aliphatic carbocycles. The van der Waals surface area contributed by atoms with Gasteiger partial charge in [0.05, 0.1) is 11.1 Å². The van der Waals surface area contributed by atoms with Crippen molar-refractivity contribution in [2.24, 2.45) is 0 Å². The highest BCUT2D eigenvalue weighted by Gasteiger charge is 2.16. The number of nitrogens with one attached hydrogen (secondary N) is 1. The first-order valence-corrected chi connectivity index (χ1v) is 9.04. The first-order valence-electron chi connectivity index (χ1n) is 9.04. The average molecular weight is 357 g/mol. The highest BCUT2D eigenvalue weighted by Crippen LogP contribution is 2.37. The number of fused-ring (bicyclic) bond motifs is 1. The van der Waals surface area contributed by atoms with Crippen molar-refractivity contribution in [2.75, 3.05) is 5.32 Å². The van der Waals surface area contributed by atoms with E-state index in [2.05, 4.69) is 55.3 Å². The zero-order chi connectivity index (χ0) is 19.0. The second-order valence-corrected chi connectivity index (χ2v) is 7.75. The molecule has 0 bridgehead atoms. The van der Waals surface area contributed by atoms with Crippen LogP contribution in [0.1, 0.15) is 26.3 Å². The molecule has 0 aliphatic heterocycles. The van der Waals surface area contributed by atoms with Gasteiger partial charge in [-0.15, -0.1) is 0 Å². The number of aromatic nitrogens is 2. The van der Waals surface area contributed by atoms with Crippen LogP contribution < -0.4 is 5.32 Å². The van der Waals surface area contributed by atoms with Crippen LogP contribution in [0.25, 0.3) is 16.5 Å². The van der Waals surface area contributed by atoms with Gasteiger partial charge in [-0.2, -0.15) is 0 Å². The highest BCUT2D eigenvalue weighted by molar-refractivity contribution is 6.00. The maximum Gasteiger partial charge on any atom is 0.205 e. The molecule has 0 spiro atoms. The molecule has 2 aromatic carbocycles. The van der Waals surface area contributed by atoms with Crippen molar-refractivity contribution in [3.05, 3.63) is 78.8 Å². The molecule has 0 radical (unpaired) electrons. The predicted molar refractivity (Wildman–Crippen MR) is 111 cm³/mol. The van der Waals surface area contributed by atoms with Crippen LogP contribution in [0.4, 0.5) is 11.4 Å². The van der Waals surface area contributed by atoms with Gasteiger partial charge in [-0.1, -0.05) is 45.0 Å². The standard InChI is InChI=1S/C23H23N3O/c1-23(2,3)17-7-9-19(10-8-17)26-15-16-5-4-6-20(21(16)22(26)27)25-18-11-13-24-14-12-18/h4-15,27H,1-3H3,(H,24,25). The number of nitrogens with zero attached hydrogens (tertiary/aromatic N) is 2. The molecule has 0 amide bonds. The largest absolute Gasteiger partial charge is 0.494 e. The fourth-order valence-corrected chi connectivity index (χ4v) is 3.26. The number of anilines is 2. The lowest BCUT2D eigenvalue weighted by molar-refractivity contribution is 0.448. The second-order valence-electron chi connectivity index (χ2n) is 7.75. The van der Waals surface area contributed by atoms with E-state index in [9.17, 15) is 5.11 Å². The van der Waals surface area contributed by atoms with E-state index in [4.69, 9.17) is 0 Å². The van der Waals surface area contributed by atoms with E-state index in [1.807, 2.05) is 41.1 Å². The van der Waals surface area contributed by atoms with Crippen LogP contribution in [0, 0.1) is 0 Å². The Bertz CT molecular complexity index is 1070. The summed E-state index contributed by atoms with van der Waals surface area (Å²) in [5, 5.41) is 16.1. The Morgan fingerprint density at radius 3 is 2.30 bits per heavy atom. The minimum absolute atomic E-state index is 0.101. The number of hydrogen-bond donors (Lipinski definition) is 2. The minimum Gasteiger partial charge on any atom is -0.494 e. The normalized spacial score (nSPS) is 11.7. The van der Waals surface area contributed by atoms with Crippen molar-refractivity contribution in [1.82, 2.24) is 9.55 Å². The number of benzene rings is 2. The van der Waals surface area contributed by atoms with E-state index in [0.29, 0.717) is 0 Å². The SMILES string of the molecule is CC(C)(C)c1ccc(-n2cc3cccc(Nc4ccncc4)c3c2O)cc1. The minimum atomic E-state index is 0.101. The lowest BCUT2D eigenvalue weighted by Gasteiger charge is -2.19. The highest BCUT2D eigenvalue weighted by atomic mass is 16.3. The Hall–Kier alpha value is -3.27. The lowest BCUT2D eigenvalue weighted by atomic mass is 9.87. The molecule has 4 nitrogen and oxygen atoms in total. The summed E-state index contributed by atoms with van der Waals surface area (Å²) >= 11 is 0. The summed E-state index contributed by atoms with van der Waals surface area (Å²) in [5.41, 5.74) is 4.10. The molecule has 2 N–H and O–H groups in total. The number of aromatic hydroxyl groups is 1. The van der Waals surface area contributed by atoms with Gasteiger partial charge in [0.15, 0.2) is 0 Å². The zero-order valence-corrected chi connectivity index (χ0v) is 15.8. The molecule has 4 aromatic rings. The van der Waals surface area contributed by atoms with Gasteiger partial charge in [0, 0.05) is 35.4 Å². The van der Waals surface area contributed by atoms with Crippen LogP contribution in [0.5, 0.6) is 5.88 Å². The van der Waals surface area contributed by atoms with Crippen molar-refractivity contribution in [2.45, 2.75) is 26.2 Å². The molecule has 0 saturated carbocycles. The predicted octanol–water partition coefficient (Wildman–Crippen LogP) is 5.77. The van der Waals surface area contributed by atoms with Crippen LogP contribution >= 0.6 is 0 Å². The molecule has 0 unspecified atom stereocenters. The molecule has 2 aromatic heterocycles. The Kier molecular flexibility index (Phi) is 4.11. The molecule has 0 atom stereocenters. The van der Waals surface area contributed by atoms with E-state index < -0.39 is 0 Å². The van der Waals surface area contributed by atoms with Gasteiger partial charge in [0.1, 0.15) is 0 Å². The molecule has 27 heavy (non-hydrogen) atoms. The van der Waals surface area contributed by atoms with Crippen LogP contribution in [-0.4, -0.2) is 14.7 Å². The molecule has 0 saturated heterocycles. The van der Waals surface area contributed by atoms with Crippen LogP contribution in [0.15, 0.2) is 73.2 Å². The number of pyridine rings is 1. The van der Waals surface area contributed by atoms with Crippen molar-refractivity contribution in [3.63, 3.8) is 0 Å². The van der Waals surface area contributed by atoms with Crippen LogP contribution in [0.3, 0.4) is 0 Å². The molecule has 0 aliphatic rings. The fourth-order valence-electron chi connectivity index (χ4n) is 3.26. The van der Waals surface area contributed by atoms with Gasteiger partial charge in [0.2, 0.25) is 5.88 Å².